The molecule has 1 unspecified atom stereocenters. The van der Waals surface area contributed by atoms with Gasteiger partial charge in [0.1, 0.15) is 11.7 Å². The number of likely N-dealkylation sites (tertiary alicyclic amines) is 1. The SMILES string of the molecule is C=Nc1[nH]ccc1C(=NC)N1CCC(C(CCN2CCNCC2)c2ccc(Cl)cc2)CC1. The summed E-state index contributed by atoms with van der Waals surface area (Å²) >= 11 is 6.19. The summed E-state index contributed by atoms with van der Waals surface area (Å²) < 4.78 is 0. The fraction of sp³-hybridized carbons (Fsp3) is 0.520. The van der Waals surface area contributed by atoms with Crippen molar-refractivity contribution in [3.8, 4) is 0 Å². The second kappa shape index (κ2) is 11.1. The quantitative estimate of drug-likeness (QED) is 0.487. The van der Waals surface area contributed by atoms with Crippen molar-refractivity contribution in [3.05, 3.63) is 52.7 Å². The van der Waals surface area contributed by atoms with E-state index in [9.17, 15) is 0 Å². The highest BCUT2D eigenvalue weighted by atomic mass is 35.5. The molecule has 2 N–H and O–H groups in total. The molecule has 2 saturated heterocycles. The lowest BCUT2D eigenvalue weighted by atomic mass is 9.78. The van der Waals surface area contributed by atoms with Crippen molar-refractivity contribution in [2.45, 2.75) is 25.2 Å². The summed E-state index contributed by atoms with van der Waals surface area (Å²) in [6, 6.07) is 10.6. The second-order valence-corrected chi connectivity index (χ2v) is 9.24. The molecule has 0 saturated carbocycles. The van der Waals surface area contributed by atoms with E-state index in [4.69, 9.17) is 11.6 Å². The van der Waals surface area contributed by atoms with Crippen LogP contribution >= 0.6 is 11.6 Å². The highest BCUT2D eigenvalue weighted by molar-refractivity contribution is 6.30. The Morgan fingerprint density at radius 3 is 2.50 bits per heavy atom. The summed E-state index contributed by atoms with van der Waals surface area (Å²) in [5, 5.41) is 4.27. The van der Waals surface area contributed by atoms with Crippen LogP contribution in [0.3, 0.4) is 0 Å². The van der Waals surface area contributed by atoms with Crippen molar-refractivity contribution in [1.82, 2.24) is 20.1 Å². The summed E-state index contributed by atoms with van der Waals surface area (Å²) in [7, 11) is 1.87. The van der Waals surface area contributed by atoms with Crippen LogP contribution in [0.5, 0.6) is 0 Å². The first-order chi connectivity index (χ1) is 15.7. The topological polar surface area (TPSA) is 59.0 Å². The molecule has 2 fully saturated rings. The van der Waals surface area contributed by atoms with Gasteiger partial charge in [0, 0.05) is 57.5 Å². The van der Waals surface area contributed by atoms with E-state index < -0.39 is 0 Å². The number of amidine groups is 1. The van der Waals surface area contributed by atoms with Crippen LogP contribution in [0, 0.1) is 5.92 Å². The van der Waals surface area contributed by atoms with Crippen LogP contribution in [0.2, 0.25) is 5.02 Å². The number of piperidine rings is 1. The van der Waals surface area contributed by atoms with Crippen LogP contribution in [-0.2, 0) is 0 Å². The normalized spacial score (nSPS) is 19.8. The zero-order valence-electron chi connectivity index (χ0n) is 19.1. The number of aromatic amines is 1. The minimum absolute atomic E-state index is 0.559. The molecule has 6 nitrogen and oxygen atoms in total. The molecule has 1 atom stereocenters. The molecule has 0 amide bonds. The summed E-state index contributed by atoms with van der Waals surface area (Å²) in [5.74, 6) is 3.03. The molecule has 0 bridgehead atoms. The number of rotatable bonds is 7. The first-order valence-corrected chi connectivity index (χ1v) is 12.1. The van der Waals surface area contributed by atoms with E-state index in [0.717, 1.165) is 80.9 Å². The van der Waals surface area contributed by atoms with E-state index >= 15 is 0 Å². The summed E-state index contributed by atoms with van der Waals surface area (Å²) in [4.78, 5) is 16.9. The van der Waals surface area contributed by atoms with Crippen LogP contribution < -0.4 is 5.32 Å². The van der Waals surface area contributed by atoms with E-state index in [2.05, 4.69) is 48.9 Å². The van der Waals surface area contributed by atoms with Gasteiger partial charge in [0.15, 0.2) is 0 Å². The standard InChI is InChI=1S/C25H35ClN6/c1-27-24-23(7-11-30-24)25(28-2)32-15-8-20(9-16-32)22(19-3-5-21(26)6-4-19)10-14-31-17-12-29-13-18-31/h3-7,11,20,22,29-30H,1,8-10,12-18H2,2H3. The van der Waals surface area contributed by atoms with Gasteiger partial charge in [-0.2, -0.15) is 0 Å². The van der Waals surface area contributed by atoms with Crippen LogP contribution in [0.15, 0.2) is 46.5 Å². The van der Waals surface area contributed by atoms with Crippen molar-refractivity contribution in [2.24, 2.45) is 15.9 Å². The number of benzene rings is 1. The molecule has 0 aliphatic carbocycles. The van der Waals surface area contributed by atoms with Gasteiger partial charge < -0.3 is 20.1 Å². The average Bonchev–Trinajstić information content (AvgIpc) is 3.31. The smallest absolute Gasteiger partial charge is 0.140 e. The number of nitrogens with zero attached hydrogens (tertiary/aromatic N) is 4. The van der Waals surface area contributed by atoms with Gasteiger partial charge in [-0.05, 0) is 68.1 Å². The Morgan fingerprint density at radius 2 is 1.84 bits per heavy atom. The van der Waals surface area contributed by atoms with Gasteiger partial charge >= 0.3 is 0 Å². The minimum Gasteiger partial charge on any atom is -0.356 e. The molecule has 0 spiro atoms. The van der Waals surface area contributed by atoms with Crippen molar-refractivity contribution in [2.75, 3.05) is 52.9 Å². The first-order valence-electron chi connectivity index (χ1n) is 11.7. The zero-order valence-corrected chi connectivity index (χ0v) is 19.8. The van der Waals surface area contributed by atoms with Gasteiger partial charge in [0.25, 0.3) is 0 Å². The molecule has 172 valence electrons. The Hall–Kier alpha value is -2.15. The molecule has 2 aliphatic heterocycles. The van der Waals surface area contributed by atoms with Crippen LogP contribution in [0.1, 0.15) is 36.3 Å². The molecule has 7 heteroatoms. The van der Waals surface area contributed by atoms with Crippen LogP contribution in [0.4, 0.5) is 5.82 Å². The molecule has 0 radical (unpaired) electrons. The largest absolute Gasteiger partial charge is 0.356 e. The van der Waals surface area contributed by atoms with Gasteiger partial charge in [-0.1, -0.05) is 23.7 Å². The third-order valence-electron chi connectivity index (χ3n) is 7.01. The molecule has 4 rings (SSSR count). The predicted octanol–water partition coefficient (Wildman–Crippen LogP) is 4.17. The number of halogens is 1. The fourth-order valence-corrected chi connectivity index (χ4v) is 5.38. The third kappa shape index (κ3) is 5.42. The van der Waals surface area contributed by atoms with Crippen molar-refractivity contribution >= 4 is 30.0 Å². The Bertz CT molecular complexity index is 891. The summed E-state index contributed by atoms with van der Waals surface area (Å²) in [6.45, 7) is 11.4. The van der Waals surface area contributed by atoms with Gasteiger partial charge in [0.05, 0.1) is 5.56 Å². The van der Waals surface area contributed by atoms with Crippen molar-refractivity contribution < 1.29 is 0 Å². The molecular weight excluding hydrogens is 420 g/mol. The van der Waals surface area contributed by atoms with Gasteiger partial charge in [-0.25, -0.2) is 4.99 Å². The highest BCUT2D eigenvalue weighted by Gasteiger charge is 2.30. The zero-order chi connectivity index (χ0) is 22.3. The average molecular weight is 455 g/mol. The monoisotopic (exact) mass is 454 g/mol. The Balaban J connectivity index is 1.44. The Labute approximate surface area is 196 Å². The number of H-pyrrole nitrogens is 1. The molecular formula is C25H35ClN6. The maximum absolute atomic E-state index is 6.19. The number of hydrogen-bond acceptors (Lipinski definition) is 4. The van der Waals surface area contributed by atoms with Gasteiger partial charge in [0.2, 0.25) is 0 Å². The summed E-state index contributed by atoms with van der Waals surface area (Å²) in [6.07, 6.45) is 5.43. The summed E-state index contributed by atoms with van der Waals surface area (Å²) in [5.41, 5.74) is 2.46. The number of piperazine rings is 1. The van der Waals surface area contributed by atoms with Crippen molar-refractivity contribution in [3.63, 3.8) is 0 Å². The van der Waals surface area contributed by atoms with E-state index in [1.54, 1.807) is 0 Å². The molecule has 1 aromatic carbocycles. The number of nitrogens with one attached hydrogen (secondary N) is 2. The van der Waals surface area contributed by atoms with E-state index in [1.807, 2.05) is 31.4 Å². The number of aliphatic imine (C=N–C) groups is 2. The lowest BCUT2D eigenvalue weighted by Crippen LogP contribution is -2.44. The van der Waals surface area contributed by atoms with E-state index in [1.165, 1.54) is 12.0 Å². The van der Waals surface area contributed by atoms with Gasteiger partial charge in [-0.15, -0.1) is 0 Å². The minimum atomic E-state index is 0.559. The Morgan fingerprint density at radius 1 is 1.12 bits per heavy atom. The lowest BCUT2D eigenvalue weighted by Gasteiger charge is -2.38. The lowest BCUT2D eigenvalue weighted by molar-refractivity contribution is 0.196. The van der Waals surface area contributed by atoms with Crippen LogP contribution in [-0.4, -0.2) is 80.2 Å². The van der Waals surface area contributed by atoms with Crippen molar-refractivity contribution in [1.29, 1.82) is 0 Å². The maximum Gasteiger partial charge on any atom is 0.140 e. The van der Waals surface area contributed by atoms with Crippen LogP contribution in [0.25, 0.3) is 0 Å². The molecule has 1 aromatic heterocycles. The maximum atomic E-state index is 6.19. The number of hydrogen-bond donors (Lipinski definition) is 2. The fourth-order valence-electron chi connectivity index (χ4n) is 5.26. The van der Waals surface area contributed by atoms with E-state index in [-0.39, 0.29) is 0 Å². The van der Waals surface area contributed by atoms with E-state index in [0.29, 0.717) is 11.8 Å². The molecule has 2 aromatic rings. The molecule has 3 heterocycles. The highest BCUT2D eigenvalue weighted by Crippen LogP contribution is 2.36. The second-order valence-electron chi connectivity index (χ2n) is 8.81. The van der Waals surface area contributed by atoms with Gasteiger partial charge in [-0.3, -0.25) is 4.99 Å². The third-order valence-corrected chi connectivity index (χ3v) is 7.26. The number of aromatic nitrogens is 1. The predicted molar refractivity (Wildman–Crippen MR) is 135 cm³/mol. The first kappa shape index (κ1) is 23.0. The Kier molecular flexibility index (Phi) is 8.00. The molecule has 32 heavy (non-hydrogen) atoms. The molecule has 2 aliphatic rings.